The lowest BCUT2D eigenvalue weighted by molar-refractivity contribution is -0.384. The zero-order valence-electron chi connectivity index (χ0n) is 11.4. The van der Waals surface area contributed by atoms with Crippen molar-refractivity contribution in [3.8, 4) is 0 Å². The first-order valence-corrected chi connectivity index (χ1v) is 7.54. The number of nitro groups is 1. The first-order valence-electron chi connectivity index (χ1n) is 6.31. The molecular weight excluding hydrogens is 278 g/mol. The summed E-state index contributed by atoms with van der Waals surface area (Å²) in [4.78, 5) is 22.8. The van der Waals surface area contributed by atoms with E-state index in [4.69, 9.17) is 0 Å². The molecule has 0 heterocycles. The topological polar surface area (TPSA) is 84.3 Å². The van der Waals surface area contributed by atoms with Gasteiger partial charge in [-0.15, -0.1) is 0 Å². The highest BCUT2D eigenvalue weighted by molar-refractivity contribution is 8.00. The number of hydrogen-bond acceptors (Lipinski definition) is 5. The van der Waals surface area contributed by atoms with Crippen LogP contribution < -0.4 is 10.6 Å². The molecule has 20 heavy (non-hydrogen) atoms. The number of nitrogens with zero attached hydrogens (tertiary/aromatic N) is 1. The van der Waals surface area contributed by atoms with Gasteiger partial charge in [-0.05, 0) is 31.2 Å². The van der Waals surface area contributed by atoms with Crippen LogP contribution in [0.25, 0.3) is 0 Å². The average Bonchev–Trinajstić information content (AvgIpc) is 3.24. The van der Waals surface area contributed by atoms with Gasteiger partial charge >= 0.3 is 5.69 Å². The monoisotopic (exact) mass is 295 g/mol. The molecule has 108 valence electrons. The van der Waals surface area contributed by atoms with Crippen LogP contribution in [0.4, 0.5) is 11.4 Å². The van der Waals surface area contributed by atoms with E-state index in [-0.39, 0.29) is 16.0 Å². The maximum absolute atomic E-state index is 12.2. The highest BCUT2D eigenvalue weighted by Crippen LogP contribution is 2.46. The van der Waals surface area contributed by atoms with E-state index in [1.807, 2.05) is 6.26 Å². The molecule has 7 heteroatoms. The van der Waals surface area contributed by atoms with Crippen LogP contribution in [0.3, 0.4) is 0 Å². The molecule has 0 saturated heterocycles. The molecule has 0 unspecified atom stereocenters. The van der Waals surface area contributed by atoms with Gasteiger partial charge in [0, 0.05) is 18.3 Å². The quantitative estimate of drug-likeness (QED) is 0.621. The molecular formula is C13H17N3O3S. The lowest BCUT2D eigenvalue weighted by atomic mass is 10.1. The second kappa shape index (κ2) is 5.70. The summed E-state index contributed by atoms with van der Waals surface area (Å²) < 4.78 is 0.130. The maximum Gasteiger partial charge on any atom is 0.305 e. The van der Waals surface area contributed by atoms with Gasteiger partial charge < -0.3 is 10.6 Å². The number of rotatable bonds is 6. The molecule has 1 amide bonds. The fourth-order valence-corrected chi connectivity index (χ4v) is 2.78. The number of para-hydroxylation sites is 1. The van der Waals surface area contributed by atoms with Crippen molar-refractivity contribution in [2.24, 2.45) is 0 Å². The molecule has 1 fully saturated rings. The van der Waals surface area contributed by atoms with Crippen LogP contribution in [0.2, 0.25) is 0 Å². The van der Waals surface area contributed by atoms with Crippen molar-refractivity contribution in [1.29, 1.82) is 0 Å². The molecule has 2 N–H and O–H groups in total. The number of nitro benzene ring substituents is 1. The molecule has 6 nitrogen and oxygen atoms in total. The van der Waals surface area contributed by atoms with Gasteiger partial charge in [0.2, 0.25) is 0 Å². The molecule has 0 spiro atoms. The molecule has 1 aliphatic carbocycles. The Balaban J connectivity index is 2.19. The van der Waals surface area contributed by atoms with E-state index >= 15 is 0 Å². The Kier molecular flexibility index (Phi) is 4.17. The summed E-state index contributed by atoms with van der Waals surface area (Å²) >= 11 is 1.73. The summed E-state index contributed by atoms with van der Waals surface area (Å²) in [6.07, 6.45) is 4.17. The SMILES string of the molecule is CNc1cccc(C(=O)NCC2(SC)CC2)c1[N+](=O)[O-]. The van der Waals surface area contributed by atoms with Crippen LogP contribution in [0.1, 0.15) is 23.2 Å². The van der Waals surface area contributed by atoms with Crippen molar-refractivity contribution in [1.82, 2.24) is 5.32 Å². The van der Waals surface area contributed by atoms with Gasteiger partial charge in [0.05, 0.1) is 4.92 Å². The van der Waals surface area contributed by atoms with E-state index in [0.29, 0.717) is 12.2 Å². The molecule has 2 rings (SSSR count). The number of anilines is 1. The van der Waals surface area contributed by atoms with Crippen molar-refractivity contribution < 1.29 is 9.72 Å². The molecule has 0 atom stereocenters. The largest absolute Gasteiger partial charge is 0.383 e. The lowest BCUT2D eigenvalue weighted by Crippen LogP contribution is -2.32. The van der Waals surface area contributed by atoms with Gasteiger partial charge in [-0.2, -0.15) is 11.8 Å². The van der Waals surface area contributed by atoms with Crippen LogP contribution in [0.5, 0.6) is 0 Å². The van der Waals surface area contributed by atoms with Gasteiger partial charge in [0.1, 0.15) is 11.3 Å². The zero-order chi connectivity index (χ0) is 14.8. The van der Waals surface area contributed by atoms with Crippen molar-refractivity contribution in [2.45, 2.75) is 17.6 Å². The number of carbonyl (C=O) groups is 1. The summed E-state index contributed by atoms with van der Waals surface area (Å²) in [5, 5.41) is 16.7. The van der Waals surface area contributed by atoms with Gasteiger partial charge in [0.25, 0.3) is 5.91 Å². The third-order valence-electron chi connectivity index (χ3n) is 3.54. The molecule has 1 aromatic rings. The van der Waals surface area contributed by atoms with E-state index in [1.165, 1.54) is 6.07 Å². The van der Waals surface area contributed by atoms with Crippen molar-refractivity contribution in [3.05, 3.63) is 33.9 Å². The Morgan fingerprint density at radius 3 is 2.70 bits per heavy atom. The third-order valence-corrected chi connectivity index (χ3v) is 4.96. The number of amides is 1. The summed E-state index contributed by atoms with van der Waals surface area (Å²) in [7, 11) is 1.59. The smallest absolute Gasteiger partial charge is 0.305 e. The lowest BCUT2D eigenvalue weighted by Gasteiger charge is -2.13. The number of carbonyl (C=O) groups excluding carboxylic acids is 1. The number of benzene rings is 1. The van der Waals surface area contributed by atoms with E-state index in [1.54, 1.807) is 30.9 Å². The molecule has 0 aliphatic heterocycles. The van der Waals surface area contributed by atoms with Crippen molar-refractivity contribution >= 4 is 29.0 Å². The Morgan fingerprint density at radius 2 is 2.20 bits per heavy atom. The van der Waals surface area contributed by atoms with E-state index in [0.717, 1.165) is 12.8 Å². The Bertz CT molecular complexity index is 544. The minimum Gasteiger partial charge on any atom is -0.383 e. The first kappa shape index (κ1) is 14.6. The minimum absolute atomic E-state index is 0.0961. The first-order chi connectivity index (χ1) is 9.53. The van der Waals surface area contributed by atoms with Crippen LogP contribution in [-0.2, 0) is 0 Å². The standard InChI is InChI=1S/C13H17N3O3S/c1-14-10-5-3-4-9(11(10)16(18)19)12(17)15-8-13(20-2)6-7-13/h3-5,14H,6-8H2,1-2H3,(H,15,17). The highest BCUT2D eigenvalue weighted by atomic mass is 32.2. The summed E-state index contributed by atoms with van der Waals surface area (Å²) in [5.41, 5.74) is 0.258. The second-order valence-corrected chi connectivity index (χ2v) is 6.05. The Labute approximate surface area is 121 Å². The fraction of sp³-hybridized carbons (Fsp3) is 0.462. The summed E-state index contributed by atoms with van der Waals surface area (Å²) in [5.74, 6) is -0.394. The van der Waals surface area contributed by atoms with E-state index in [2.05, 4.69) is 10.6 Å². The van der Waals surface area contributed by atoms with Crippen molar-refractivity contribution in [3.63, 3.8) is 0 Å². The van der Waals surface area contributed by atoms with Gasteiger partial charge in [0.15, 0.2) is 0 Å². The summed E-state index contributed by atoms with van der Waals surface area (Å²) in [6.45, 7) is 0.550. The zero-order valence-corrected chi connectivity index (χ0v) is 12.3. The molecule has 1 aromatic carbocycles. The predicted molar refractivity (Wildman–Crippen MR) is 80.5 cm³/mol. The average molecular weight is 295 g/mol. The Hall–Kier alpha value is -1.76. The number of thioether (sulfide) groups is 1. The minimum atomic E-state index is -0.526. The van der Waals surface area contributed by atoms with Gasteiger partial charge in [-0.1, -0.05) is 6.07 Å². The normalized spacial score (nSPS) is 15.5. The second-order valence-electron chi connectivity index (χ2n) is 4.78. The highest BCUT2D eigenvalue weighted by Gasteiger charge is 2.42. The van der Waals surface area contributed by atoms with Gasteiger partial charge in [-0.3, -0.25) is 14.9 Å². The number of nitrogens with one attached hydrogen (secondary N) is 2. The molecule has 0 bridgehead atoms. The van der Waals surface area contributed by atoms with Crippen LogP contribution in [-0.4, -0.2) is 35.4 Å². The third kappa shape index (κ3) is 2.87. The van der Waals surface area contributed by atoms with Crippen LogP contribution in [0, 0.1) is 10.1 Å². The van der Waals surface area contributed by atoms with E-state index in [9.17, 15) is 14.9 Å². The number of hydrogen-bond donors (Lipinski definition) is 2. The molecule has 0 radical (unpaired) electrons. The fourth-order valence-electron chi connectivity index (χ4n) is 2.05. The van der Waals surface area contributed by atoms with Crippen LogP contribution >= 0.6 is 11.8 Å². The summed E-state index contributed by atoms with van der Waals surface area (Å²) in [6, 6.07) is 4.70. The molecule has 1 saturated carbocycles. The molecule has 1 aliphatic rings. The van der Waals surface area contributed by atoms with E-state index < -0.39 is 10.8 Å². The van der Waals surface area contributed by atoms with Crippen molar-refractivity contribution in [2.75, 3.05) is 25.2 Å². The predicted octanol–water partition coefficient (Wildman–Crippen LogP) is 2.26. The maximum atomic E-state index is 12.2. The van der Waals surface area contributed by atoms with Gasteiger partial charge in [-0.25, -0.2) is 0 Å². The molecule has 0 aromatic heterocycles. The Morgan fingerprint density at radius 1 is 1.50 bits per heavy atom. The van der Waals surface area contributed by atoms with Crippen LogP contribution in [0.15, 0.2) is 18.2 Å².